The minimum atomic E-state index is -3.47. The largest absolute Gasteiger partial charge is 0.454 e. The lowest BCUT2D eigenvalue weighted by Crippen LogP contribution is -2.25. The predicted octanol–water partition coefficient (Wildman–Crippen LogP) is 3.92. The van der Waals surface area contributed by atoms with E-state index >= 15 is 0 Å². The van der Waals surface area contributed by atoms with Crippen molar-refractivity contribution in [3.8, 4) is 0 Å². The molecule has 3 rings (SSSR count). The van der Waals surface area contributed by atoms with E-state index in [1.165, 1.54) is 7.05 Å². The van der Waals surface area contributed by atoms with Crippen LogP contribution in [0.25, 0.3) is 11.0 Å². The van der Waals surface area contributed by atoms with Crippen molar-refractivity contribution in [2.45, 2.75) is 33.5 Å². The third-order valence-corrected chi connectivity index (χ3v) is 6.68. The van der Waals surface area contributed by atoms with Crippen molar-refractivity contribution in [1.29, 1.82) is 0 Å². The lowest BCUT2D eigenvalue weighted by Gasteiger charge is -2.18. The van der Waals surface area contributed by atoms with Crippen molar-refractivity contribution >= 4 is 54.1 Å². The van der Waals surface area contributed by atoms with Gasteiger partial charge in [-0.05, 0) is 28.9 Å². The molecule has 29 heavy (non-hydrogen) atoms. The first kappa shape index (κ1) is 21.8. The second-order valence-electron chi connectivity index (χ2n) is 6.81. The molecule has 0 saturated heterocycles. The van der Waals surface area contributed by atoms with Crippen LogP contribution in [0.4, 0.5) is 5.69 Å². The summed E-state index contributed by atoms with van der Waals surface area (Å²) < 4.78 is 37.2. The number of benzene rings is 1. The van der Waals surface area contributed by atoms with Crippen molar-refractivity contribution in [3.63, 3.8) is 0 Å². The lowest BCUT2D eigenvalue weighted by molar-refractivity contribution is -0.138. The number of ketones is 1. The third kappa shape index (κ3) is 3.93. The number of halogens is 1. The summed E-state index contributed by atoms with van der Waals surface area (Å²) in [6.07, 6.45) is 0.844. The highest BCUT2D eigenvalue weighted by atomic mass is 79.9. The van der Waals surface area contributed by atoms with E-state index in [0.29, 0.717) is 44.8 Å². The fourth-order valence-electron chi connectivity index (χ4n) is 3.16. The predicted molar refractivity (Wildman–Crippen MR) is 114 cm³/mol. The maximum atomic E-state index is 12.8. The summed E-state index contributed by atoms with van der Waals surface area (Å²) in [6, 6.07) is 3.29. The highest BCUT2D eigenvalue weighted by Gasteiger charge is 2.37. The van der Waals surface area contributed by atoms with Crippen LogP contribution in [-0.2, 0) is 19.6 Å². The summed E-state index contributed by atoms with van der Waals surface area (Å²) in [6.45, 7) is 5.98. The molecule has 2 heterocycles. The number of furan rings is 1. The minimum Gasteiger partial charge on any atom is -0.454 e. The van der Waals surface area contributed by atoms with Crippen LogP contribution in [0.1, 0.15) is 43.3 Å². The van der Waals surface area contributed by atoms with Gasteiger partial charge in [0, 0.05) is 36.0 Å². The van der Waals surface area contributed by atoms with Crippen LogP contribution in [0.3, 0.4) is 0 Å². The molecule has 2 aromatic rings. The average molecular weight is 487 g/mol. The summed E-state index contributed by atoms with van der Waals surface area (Å²) in [5.41, 5.74) is 1.69. The van der Waals surface area contributed by atoms with Crippen LogP contribution in [0.2, 0.25) is 0 Å². The van der Waals surface area contributed by atoms with E-state index < -0.39 is 16.3 Å². The fraction of sp³-hybridized carbons (Fsp3) is 0.474. The first-order valence-corrected chi connectivity index (χ1v) is 11.8. The van der Waals surface area contributed by atoms with E-state index in [4.69, 9.17) is 14.0 Å². The Morgan fingerprint density at radius 2 is 2.03 bits per heavy atom. The van der Waals surface area contributed by atoms with Gasteiger partial charge in [0.2, 0.25) is 16.3 Å². The summed E-state index contributed by atoms with van der Waals surface area (Å²) in [5.74, 6) is -0.0160. The van der Waals surface area contributed by atoms with Crippen molar-refractivity contribution in [1.82, 2.24) is 0 Å². The average Bonchev–Trinajstić information content (AvgIpc) is 3.19. The number of Topliss-reactive ketones (excluding diaryl/α,β-unsaturated/α-hetero) is 1. The van der Waals surface area contributed by atoms with Crippen molar-refractivity contribution in [2.24, 2.45) is 11.1 Å². The standard InChI is InChI=1S/C19H23BrN2O6S/c1-6-14(23)16-11-8-12(20)13(22(4)29(5,24)25)9-15(11)27-18(16)17-10(3)19(26-7-2)28-21-17/h8-10,19H,6-7H2,1-5H3. The second-order valence-corrected chi connectivity index (χ2v) is 9.68. The Balaban J connectivity index is 2.20. The molecule has 2 unspecified atom stereocenters. The first-order valence-electron chi connectivity index (χ1n) is 9.18. The highest BCUT2D eigenvalue weighted by Crippen LogP contribution is 2.38. The highest BCUT2D eigenvalue weighted by molar-refractivity contribution is 9.10. The Hall–Kier alpha value is -1.91. The zero-order valence-corrected chi connectivity index (χ0v) is 19.3. The number of nitrogens with zero attached hydrogens (tertiary/aromatic N) is 2. The van der Waals surface area contributed by atoms with Gasteiger partial charge in [-0.25, -0.2) is 8.42 Å². The lowest BCUT2D eigenvalue weighted by atomic mass is 9.96. The van der Waals surface area contributed by atoms with E-state index in [0.717, 1.165) is 10.6 Å². The van der Waals surface area contributed by atoms with Crippen LogP contribution in [0.5, 0.6) is 0 Å². The molecule has 1 aliphatic rings. The minimum absolute atomic E-state index is 0.107. The number of hydrogen-bond acceptors (Lipinski definition) is 7. The Labute approximate surface area is 178 Å². The summed E-state index contributed by atoms with van der Waals surface area (Å²) in [7, 11) is -2.02. The first-order chi connectivity index (χ1) is 13.6. The Bertz CT molecular complexity index is 1090. The molecule has 1 aromatic heterocycles. The molecule has 8 nitrogen and oxygen atoms in total. The number of anilines is 1. The molecule has 10 heteroatoms. The number of hydrogen-bond donors (Lipinski definition) is 0. The zero-order chi connectivity index (χ0) is 21.5. The number of carbonyl (C=O) groups is 1. The van der Waals surface area contributed by atoms with Crippen molar-refractivity contribution in [2.75, 3.05) is 24.2 Å². The van der Waals surface area contributed by atoms with Gasteiger partial charge >= 0.3 is 0 Å². The molecule has 1 aromatic carbocycles. The third-order valence-electron chi connectivity index (χ3n) is 4.85. The van der Waals surface area contributed by atoms with Crippen LogP contribution < -0.4 is 4.31 Å². The van der Waals surface area contributed by atoms with Gasteiger partial charge in [0.25, 0.3) is 0 Å². The van der Waals surface area contributed by atoms with E-state index in [9.17, 15) is 13.2 Å². The quantitative estimate of drug-likeness (QED) is 0.550. The molecule has 0 fully saturated rings. The SMILES string of the molecule is CCOC1ON=C(c2oc3cc(N(C)S(C)(=O)=O)c(Br)cc3c2C(=O)CC)C1C. The Morgan fingerprint density at radius 3 is 2.62 bits per heavy atom. The molecule has 158 valence electrons. The zero-order valence-electron chi connectivity index (χ0n) is 16.9. The summed E-state index contributed by atoms with van der Waals surface area (Å²) >= 11 is 3.42. The summed E-state index contributed by atoms with van der Waals surface area (Å²) in [4.78, 5) is 18.1. The van der Waals surface area contributed by atoms with Crippen LogP contribution >= 0.6 is 15.9 Å². The van der Waals surface area contributed by atoms with E-state index in [1.807, 2.05) is 13.8 Å². The molecule has 1 aliphatic heterocycles. The van der Waals surface area contributed by atoms with Gasteiger partial charge in [0.1, 0.15) is 11.3 Å². The van der Waals surface area contributed by atoms with Gasteiger partial charge < -0.3 is 14.0 Å². The van der Waals surface area contributed by atoms with E-state index in [1.54, 1.807) is 19.1 Å². The van der Waals surface area contributed by atoms with Crippen LogP contribution in [0, 0.1) is 5.92 Å². The number of carbonyl (C=O) groups excluding carboxylic acids is 1. The number of ether oxygens (including phenoxy) is 1. The van der Waals surface area contributed by atoms with Gasteiger partial charge in [-0.15, -0.1) is 0 Å². The fourth-order valence-corrected chi connectivity index (χ4v) is 4.39. The maximum Gasteiger partial charge on any atom is 0.235 e. The molecule has 0 amide bonds. The molecule has 0 aliphatic carbocycles. The number of fused-ring (bicyclic) bond motifs is 1. The van der Waals surface area contributed by atoms with Gasteiger partial charge in [-0.1, -0.05) is 19.0 Å². The normalized spacial score (nSPS) is 19.3. The smallest absolute Gasteiger partial charge is 0.235 e. The van der Waals surface area contributed by atoms with Gasteiger partial charge in [0.15, 0.2) is 11.5 Å². The Morgan fingerprint density at radius 1 is 1.34 bits per heavy atom. The van der Waals surface area contributed by atoms with Crippen LogP contribution in [0.15, 0.2) is 26.2 Å². The molecule has 0 spiro atoms. The van der Waals surface area contributed by atoms with Crippen molar-refractivity contribution < 1.29 is 27.2 Å². The van der Waals surface area contributed by atoms with E-state index in [2.05, 4.69) is 21.1 Å². The topological polar surface area (TPSA) is 98.4 Å². The molecule has 0 radical (unpaired) electrons. The van der Waals surface area contributed by atoms with Crippen LogP contribution in [-0.4, -0.2) is 46.1 Å². The number of rotatable bonds is 7. The van der Waals surface area contributed by atoms with Gasteiger partial charge in [-0.3, -0.25) is 9.10 Å². The number of sulfonamides is 1. The molecule has 0 saturated carbocycles. The van der Waals surface area contributed by atoms with Crippen molar-refractivity contribution in [3.05, 3.63) is 27.9 Å². The Kier molecular flexibility index (Phi) is 6.07. The maximum absolute atomic E-state index is 12.8. The monoisotopic (exact) mass is 486 g/mol. The van der Waals surface area contributed by atoms with Gasteiger partial charge in [0.05, 0.1) is 23.4 Å². The molecule has 0 bridgehead atoms. The van der Waals surface area contributed by atoms with Gasteiger partial charge in [-0.2, -0.15) is 0 Å². The number of oxime groups is 1. The summed E-state index contributed by atoms with van der Waals surface area (Å²) in [5, 5.41) is 4.69. The molecule has 0 N–H and O–H groups in total. The molecule has 2 atom stereocenters. The molecular weight excluding hydrogens is 464 g/mol. The second kappa shape index (κ2) is 8.08. The van der Waals surface area contributed by atoms with E-state index in [-0.39, 0.29) is 18.1 Å². The molecular formula is C19H23BrN2O6S.